The van der Waals surface area contributed by atoms with Crippen LogP contribution in [0.25, 0.3) is 0 Å². The zero-order valence-corrected chi connectivity index (χ0v) is 10.8. The van der Waals surface area contributed by atoms with Crippen LogP contribution in [0.4, 0.5) is 0 Å². The predicted octanol–water partition coefficient (Wildman–Crippen LogP) is 2.69. The van der Waals surface area contributed by atoms with Crippen molar-refractivity contribution in [2.45, 2.75) is 32.1 Å². The minimum atomic E-state index is -0.699. The van der Waals surface area contributed by atoms with Crippen molar-refractivity contribution in [3.63, 3.8) is 0 Å². The topological polar surface area (TPSA) is 59.4 Å². The van der Waals surface area contributed by atoms with E-state index in [-0.39, 0.29) is 11.8 Å². The maximum atomic E-state index is 11.3. The van der Waals surface area contributed by atoms with Gasteiger partial charge in [0.15, 0.2) is 0 Å². The highest BCUT2D eigenvalue weighted by atomic mass is 16.5. The number of carboxylic acids is 1. The van der Waals surface area contributed by atoms with Crippen LogP contribution >= 0.6 is 0 Å². The van der Waals surface area contributed by atoms with E-state index in [0.717, 1.165) is 24.8 Å². The van der Waals surface area contributed by atoms with Crippen molar-refractivity contribution in [2.24, 2.45) is 11.8 Å². The molecule has 1 aromatic heterocycles. The number of carboxylic acid groups (broad SMARTS) is 1. The molecule has 0 aromatic carbocycles. The zero-order valence-electron chi connectivity index (χ0n) is 10.8. The molecule has 1 aromatic rings. The number of nitrogens with zero attached hydrogens (tertiary/aromatic N) is 1. The van der Waals surface area contributed by atoms with Gasteiger partial charge in [-0.25, -0.2) is 0 Å². The average molecular weight is 249 g/mol. The van der Waals surface area contributed by atoms with E-state index in [0.29, 0.717) is 11.7 Å². The summed E-state index contributed by atoms with van der Waals surface area (Å²) in [7, 11) is 1.60. The van der Waals surface area contributed by atoms with Crippen molar-refractivity contribution in [1.29, 1.82) is 0 Å². The molecule has 0 amide bonds. The van der Waals surface area contributed by atoms with Gasteiger partial charge in [-0.2, -0.15) is 0 Å². The Kier molecular flexibility index (Phi) is 3.84. The molecule has 3 atom stereocenters. The number of carbonyl (C=O) groups is 1. The van der Waals surface area contributed by atoms with Gasteiger partial charge < -0.3 is 9.84 Å². The van der Waals surface area contributed by atoms with Gasteiger partial charge in [-0.1, -0.05) is 6.92 Å². The van der Waals surface area contributed by atoms with Crippen molar-refractivity contribution in [1.82, 2.24) is 4.98 Å². The molecule has 4 heteroatoms. The monoisotopic (exact) mass is 249 g/mol. The lowest BCUT2D eigenvalue weighted by atomic mass is 9.72. The SMILES string of the molecule is COc1cncc(C2CC(C)CCC2C(=O)O)c1. The highest BCUT2D eigenvalue weighted by Gasteiger charge is 2.34. The number of rotatable bonds is 3. The van der Waals surface area contributed by atoms with Crippen LogP contribution in [0.5, 0.6) is 5.75 Å². The van der Waals surface area contributed by atoms with E-state index in [2.05, 4.69) is 11.9 Å². The third-order valence-electron chi connectivity index (χ3n) is 3.83. The van der Waals surface area contributed by atoms with Gasteiger partial charge in [-0.15, -0.1) is 0 Å². The van der Waals surface area contributed by atoms with Crippen LogP contribution in [-0.4, -0.2) is 23.2 Å². The molecule has 4 nitrogen and oxygen atoms in total. The van der Waals surface area contributed by atoms with E-state index in [1.165, 1.54) is 0 Å². The van der Waals surface area contributed by atoms with Crippen molar-refractivity contribution in [3.8, 4) is 5.75 Å². The molecule has 1 N–H and O–H groups in total. The van der Waals surface area contributed by atoms with Gasteiger partial charge in [0, 0.05) is 6.20 Å². The Hall–Kier alpha value is -1.58. The molecule has 3 unspecified atom stereocenters. The lowest BCUT2D eigenvalue weighted by Gasteiger charge is -2.32. The maximum absolute atomic E-state index is 11.3. The fourth-order valence-corrected chi connectivity index (χ4v) is 2.79. The number of aromatic nitrogens is 1. The summed E-state index contributed by atoms with van der Waals surface area (Å²) in [5, 5.41) is 9.33. The van der Waals surface area contributed by atoms with Crippen molar-refractivity contribution < 1.29 is 14.6 Å². The molecule has 1 fully saturated rings. The van der Waals surface area contributed by atoms with E-state index in [4.69, 9.17) is 4.74 Å². The van der Waals surface area contributed by atoms with Crippen LogP contribution in [0, 0.1) is 11.8 Å². The van der Waals surface area contributed by atoms with Crippen LogP contribution in [0.1, 0.15) is 37.7 Å². The van der Waals surface area contributed by atoms with Crippen molar-refractivity contribution >= 4 is 5.97 Å². The molecule has 1 heterocycles. The van der Waals surface area contributed by atoms with Gasteiger partial charge >= 0.3 is 5.97 Å². The Morgan fingerprint density at radius 3 is 2.89 bits per heavy atom. The second kappa shape index (κ2) is 5.38. The van der Waals surface area contributed by atoms with E-state index in [9.17, 15) is 9.90 Å². The number of methoxy groups -OCH3 is 1. The average Bonchev–Trinajstić information content (AvgIpc) is 2.38. The third kappa shape index (κ3) is 2.63. The van der Waals surface area contributed by atoms with E-state index >= 15 is 0 Å². The van der Waals surface area contributed by atoms with Gasteiger partial charge in [-0.3, -0.25) is 9.78 Å². The third-order valence-corrected chi connectivity index (χ3v) is 3.83. The van der Waals surface area contributed by atoms with E-state index in [1.807, 2.05) is 6.07 Å². The summed E-state index contributed by atoms with van der Waals surface area (Å²) >= 11 is 0. The molecule has 0 aliphatic heterocycles. The molecule has 1 aliphatic rings. The number of aliphatic carboxylic acids is 1. The Morgan fingerprint density at radius 2 is 2.22 bits per heavy atom. The highest BCUT2D eigenvalue weighted by molar-refractivity contribution is 5.71. The molecule has 1 aliphatic carbocycles. The molecule has 2 rings (SSSR count). The fourth-order valence-electron chi connectivity index (χ4n) is 2.79. The van der Waals surface area contributed by atoms with Gasteiger partial charge in [0.2, 0.25) is 0 Å². The molecule has 0 radical (unpaired) electrons. The molecule has 1 saturated carbocycles. The molecule has 0 bridgehead atoms. The van der Waals surface area contributed by atoms with Gasteiger partial charge in [0.25, 0.3) is 0 Å². The quantitative estimate of drug-likeness (QED) is 0.894. The molecule has 0 spiro atoms. The Balaban J connectivity index is 2.28. The molecule has 0 saturated heterocycles. The van der Waals surface area contributed by atoms with Crippen LogP contribution in [0.3, 0.4) is 0 Å². The second-order valence-corrected chi connectivity index (χ2v) is 5.13. The first kappa shape index (κ1) is 12.9. The largest absolute Gasteiger partial charge is 0.495 e. The molecular formula is C14H19NO3. The highest BCUT2D eigenvalue weighted by Crippen LogP contribution is 2.41. The number of ether oxygens (including phenoxy) is 1. The fraction of sp³-hybridized carbons (Fsp3) is 0.571. The van der Waals surface area contributed by atoms with Crippen LogP contribution in [-0.2, 0) is 4.79 Å². The number of hydrogen-bond donors (Lipinski definition) is 1. The summed E-state index contributed by atoms with van der Waals surface area (Å²) < 4.78 is 5.16. The first-order valence-electron chi connectivity index (χ1n) is 6.33. The van der Waals surface area contributed by atoms with Crippen LogP contribution in [0.2, 0.25) is 0 Å². The molecule has 18 heavy (non-hydrogen) atoms. The molecular weight excluding hydrogens is 230 g/mol. The first-order valence-corrected chi connectivity index (χ1v) is 6.33. The summed E-state index contributed by atoms with van der Waals surface area (Å²) in [6.07, 6.45) is 6.06. The van der Waals surface area contributed by atoms with E-state index < -0.39 is 5.97 Å². The van der Waals surface area contributed by atoms with Crippen molar-refractivity contribution in [2.75, 3.05) is 7.11 Å². The number of hydrogen-bond acceptors (Lipinski definition) is 3. The summed E-state index contributed by atoms with van der Waals surface area (Å²) in [6, 6.07) is 1.91. The minimum absolute atomic E-state index is 0.0499. The first-order chi connectivity index (χ1) is 8.61. The normalized spacial score (nSPS) is 27.8. The second-order valence-electron chi connectivity index (χ2n) is 5.13. The lowest BCUT2D eigenvalue weighted by molar-refractivity contribution is -0.143. The zero-order chi connectivity index (χ0) is 13.1. The standard InChI is InChI=1S/C14H19NO3/c1-9-3-4-12(14(16)17)13(5-9)10-6-11(18-2)8-15-7-10/h6-9,12-13H,3-5H2,1-2H3,(H,16,17). The Labute approximate surface area is 107 Å². The summed E-state index contributed by atoms with van der Waals surface area (Å²) in [6.45, 7) is 2.18. The lowest BCUT2D eigenvalue weighted by Crippen LogP contribution is -2.28. The van der Waals surface area contributed by atoms with E-state index in [1.54, 1.807) is 19.5 Å². The Bertz CT molecular complexity index is 433. The minimum Gasteiger partial charge on any atom is -0.495 e. The smallest absolute Gasteiger partial charge is 0.307 e. The van der Waals surface area contributed by atoms with Gasteiger partial charge in [-0.05, 0) is 42.7 Å². The maximum Gasteiger partial charge on any atom is 0.307 e. The summed E-state index contributed by atoms with van der Waals surface area (Å²) in [4.78, 5) is 15.5. The van der Waals surface area contributed by atoms with Gasteiger partial charge in [0.05, 0.1) is 19.2 Å². The van der Waals surface area contributed by atoms with Gasteiger partial charge in [0.1, 0.15) is 5.75 Å². The van der Waals surface area contributed by atoms with Crippen LogP contribution in [0.15, 0.2) is 18.5 Å². The summed E-state index contributed by atoms with van der Waals surface area (Å²) in [5.41, 5.74) is 0.980. The predicted molar refractivity (Wildman–Crippen MR) is 67.7 cm³/mol. The summed E-state index contributed by atoms with van der Waals surface area (Å²) in [5.74, 6) is 0.311. The van der Waals surface area contributed by atoms with Crippen molar-refractivity contribution in [3.05, 3.63) is 24.0 Å². The Morgan fingerprint density at radius 1 is 1.44 bits per heavy atom. The number of pyridine rings is 1. The van der Waals surface area contributed by atoms with Crippen LogP contribution < -0.4 is 4.74 Å². The molecule has 98 valence electrons.